The summed E-state index contributed by atoms with van der Waals surface area (Å²) in [5.74, 6) is -0.672. The molecule has 2 heterocycles. The van der Waals surface area contributed by atoms with E-state index < -0.39 is 11.6 Å². The molecular weight excluding hydrogens is 338 g/mol. The SMILES string of the molecule is O=C(c1cc(F)cc(F)c1)N1C[C@@H]2CCC[C@]2(CNc2cnccn2)C1. The normalized spacial score (nSPS) is 24.5. The summed E-state index contributed by atoms with van der Waals surface area (Å²) < 4.78 is 26.9. The lowest BCUT2D eigenvalue weighted by molar-refractivity contribution is 0.0769. The molecule has 136 valence electrons. The van der Waals surface area contributed by atoms with E-state index in [0.29, 0.717) is 31.4 Å². The highest BCUT2D eigenvalue weighted by atomic mass is 19.1. The second kappa shape index (κ2) is 6.63. The Hall–Kier alpha value is -2.57. The molecule has 1 aliphatic carbocycles. The fraction of sp³-hybridized carbons (Fsp3) is 0.421. The minimum absolute atomic E-state index is 0.0287. The van der Waals surface area contributed by atoms with Crippen LogP contribution in [0.1, 0.15) is 29.6 Å². The number of halogens is 2. The molecule has 2 fully saturated rings. The van der Waals surface area contributed by atoms with E-state index in [4.69, 9.17) is 0 Å². The van der Waals surface area contributed by atoms with E-state index in [1.807, 2.05) is 0 Å². The molecule has 0 unspecified atom stereocenters. The Bertz CT molecular complexity index is 796. The minimum Gasteiger partial charge on any atom is -0.368 e. The quantitative estimate of drug-likeness (QED) is 0.912. The van der Waals surface area contributed by atoms with Crippen LogP contribution in [0, 0.1) is 23.0 Å². The lowest BCUT2D eigenvalue weighted by atomic mass is 9.80. The number of carbonyl (C=O) groups is 1. The van der Waals surface area contributed by atoms with Crippen LogP contribution in [0.4, 0.5) is 14.6 Å². The van der Waals surface area contributed by atoms with Gasteiger partial charge in [-0.2, -0.15) is 0 Å². The predicted octanol–water partition coefficient (Wildman–Crippen LogP) is 3.11. The van der Waals surface area contributed by atoms with Gasteiger partial charge in [0.05, 0.1) is 6.20 Å². The maximum absolute atomic E-state index is 13.5. The van der Waals surface area contributed by atoms with E-state index in [9.17, 15) is 13.6 Å². The van der Waals surface area contributed by atoms with Gasteiger partial charge in [-0.05, 0) is 30.9 Å². The first kappa shape index (κ1) is 16.9. The molecular formula is C19H20F2N4O. The topological polar surface area (TPSA) is 58.1 Å². The van der Waals surface area contributed by atoms with Gasteiger partial charge in [-0.3, -0.25) is 9.78 Å². The summed E-state index contributed by atoms with van der Waals surface area (Å²) in [5.41, 5.74) is 0.0403. The molecule has 26 heavy (non-hydrogen) atoms. The second-order valence-corrected chi connectivity index (χ2v) is 7.24. The number of benzene rings is 1. The number of rotatable bonds is 4. The third-order valence-electron chi connectivity index (χ3n) is 5.62. The van der Waals surface area contributed by atoms with Crippen molar-refractivity contribution in [2.45, 2.75) is 19.3 Å². The van der Waals surface area contributed by atoms with E-state index >= 15 is 0 Å². The average Bonchev–Trinajstić information content (AvgIpc) is 3.17. The number of nitrogens with zero attached hydrogens (tertiary/aromatic N) is 3. The van der Waals surface area contributed by atoms with Crippen molar-refractivity contribution in [1.82, 2.24) is 14.9 Å². The molecule has 1 amide bonds. The molecule has 1 saturated heterocycles. The van der Waals surface area contributed by atoms with E-state index in [0.717, 1.165) is 37.5 Å². The molecule has 2 aliphatic rings. The molecule has 4 rings (SSSR count). The zero-order valence-corrected chi connectivity index (χ0v) is 14.3. The van der Waals surface area contributed by atoms with Gasteiger partial charge >= 0.3 is 0 Å². The van der Waals surface area contributed by atoms with Gasteiger partial charge < -0.3 is 10.2 Å². The molecule has 0 radical (unpaired) electrons. The van der Waals surface area contributed by atoms with E-state index in [1.54, 1.807) is 23.5 Å². The lowest BCUT2D eigenvalue weighted by Gasteiger charge is -2.29. The molecule has 1 aromatic carbocycles. The summed E-state index contributed by atoms with van der Waals surface area (Å²) in [6, 6.07) is 2.98. The van der Waals surface area contributed by atoms with E-state index in [-0.39, 0.29) is 16.9 Å². The highest BCUT2D eigenvalue weighted by Crippen LogP contribution is 2.49. The molecule has 7 heteroatoms. The number of nitrogens with one attached hydrogen (secondary N) is 1. The van der Waals surface area contributed by atoms with Crippen molar-refractivity contribution in [3.05, 3.63) is 54.0 Å². The fourth-order valence-electron chi connectivity index (χ4n) is 4.37. The highest BCUT2D eigenvalue weighted by Gasteiger charge is 2.50. The number of fused-ring (bicyclic) bond motifs is 1. The van der Waals surface area contributed by atoms with Crippen LogP contribution in [0.3, 0.4) is 0 Å². The summed E-state index contributed by atoms with van der Waals surface area (Å²) in [7, 11) is 0. The molecule has 1 saturated carbocycles. The zero-order chi connectivity index (χ0) is 18.1. The maximum atomic E-state index is 13.5. The molecule has 1 aromatic heterocycles. The van der Waals surface area contributed by atoms with Crippen LogP contribution >= 0.6 is 0 Å². The molecule has 0 bridgehead atoms. The van der Waals surface area contributed by atoms with E-state index in [2.05, 4.69) is 15.3 Å². The first-order valence-corrected chi connectivity index (χ1v) is 8.81. The molecule has 1 N–H and O–H groups in total. The summed E-state index contributed by atoms with van der Waals surface area (Å²) in [4.78, 5) is 22.8. The van der Waals surface area contributed by atoms with Gasteiger partial charge in [0.2, 0.25) is 0 Å². The van der Waals surface area contributed by atoms with Gasteiger partial charge in [0.25, 0.3) is 5.91 Å². The third-order valence-corrected chi connectivity index (χ3v) is 5.62. The first-order valence-electron chi connectivity index (χ1n) is 8.81. The first-order chi connectivity index (χ1) is 12.6. The van der Waals surface area contributed by atoms with E-state index in [1.165, 1.54) is 0 Å². The van der Waals surface area contributed by atoms with Crippen LogP contribution in [0.2, 0.25) is 0 Å². The molecule has 1 aliphatic heterocycles. The maximum Gasteiger partial charge on any atom is 0.254 e. The van der Waals surface area contributed by atoms with Gasteiger partial charge in [-0.1, -0.05) is 6.42 Å². The fourth-order valence-corrected chi connectivity index (χ4v) is 4.37. The van der Waals surface area contributed by atoms with Crippen molar-refractivity contribution < 1.29 is 13.6 Å². The standard InChI is InChI=1S/C19H20F2N4O/c20-15-6-13(7-16(21)8-15)18(26)25-10-14-2-1-3-19(14,12-25)11-24-17-9-22-4-5-23-17/h4-9,14H,1-3,10-12H2,(H,23,24)/t14-,19-/m0/s1. The van der Waals surface area contributed by atoms with Gasteiger partial charge in [0.15, 0.2) is 0 Å². The van der Waals surface area contributed by atoms with Crippen LogP contribution < -0.4 is 5.32 Å². The summed E-state index contributed by atoms with van der Waals surface area (Å²) in [5, 5.41) is 3.33. The van der Waals surface area contributed by atoms with Crippen LogP contribution in [-0.2, 0) is 0 Å². The lowest BCUT2D eigenvalue weighted by Crippen LogP contribution is -2.36. The number of likely N-dealkylation sites (tertiary alicyclic amines) is 1. The molecule has 2 aromatic rings. The number of hydrogen-bond donors (Lipinski definition) is 1. The Labute approximate surface area is 150 Å². The number of anilines is 1. The van der Waals surface area contributed by atoms with Crippen molar-refractivity contribution in [2.24, 2.45) is 11.3 Å². The van der Waals surface area contributed by atoms with Crippen molar-refractivity contribution in [3.8, 4) is 0 Å². The van der Waals surface area contributed by atoms with Gasteiger partial charge in [0.1, 0.15) is 17.5 Å². The number of aromatic nitrogens is 2. The van der Waals surface area contributed by atoms with Crippen LogP contribution in [0.25, 0.3) is 0 Å². The zero-order valence-electron chi connectivity index (χ0n) is 14.3. The number of carbonyl (C=O) groups excluding carboxylic acids is 1. The highest BCUT2D eigenvalue weighted by molar-refractivity contribution is 5.94. The Morgan fingerprint density at radius 3 is 2.81 bits per heavy atom. The largest absolute Gasteiger partial charge is 0.368 e. The van der Waals surface area contributed by atoms with Gasteiger partial charge in [-0.25, -0.2) is 13.8 Å². The van der Waals surface area contributed by atoms with Gasteiger partial charge in [0, 0.05) is 49.1 Å². The minimum atomic E-state index is -0.730. The monoisotopic (exact) mass is 358 g/mol. The predicted molar refractivity (Wildman–Crippen MR) is 92.6 cm³/mol. The Kier molecular flexibility index (Phi) is 4.30. The van der Waals surface area contributed by atoms with Crippen molar-refractivity contribution >= 4 is 11.7 Å². The number of amides is 1. The average molecular weight is 358 g/mol. The van der Waals surface area contributed by atoms with Crippen LogP contribution in [0.5, 0.6) is 0 Å². The van der Waals surface area contributed by atoms with Crippen molar-refractivity contribution in [1.29, 1.82) is 0 Å². The summed E-state index contributed by atoms with van der Waals surface area (Å²) in [6.07, 6.45) is 8.14. The van der Waals surface area contributed by atoms with Gasteiger partial charge in [-0.15, -0.1) is 0 Å². The van der Waals surface area contributed by atoms with Crippen LogP contribution in [0.15, 0.2) is 36.8 Å². The Morgan fingerprint density at radius 2 is 2.08 bits per heavy atom. The van der Waals surface area contributed by atoms with Crippen LogP contribution in [-0.4, -0.2) is 40.4 Å². The van der Waals surface area contributed by atoms with Crippen molar-refractivity contribution in [2.75, 3.05) is 25.0 Å². The third kappa shape index (κ3) is 3.13. The molecule has 5 nitrogen and oxygen atoms in total. The smallest absolute Gasteiger partial charge is 0.254 e. The summed E-state index contributed by atoms with van der Waals surface area (Å²) in [6.45, 7) is 1.92. The Balaban J connectivity index is 1.50. The summed E-state index contributed by atoms with van der Waals surface area (Å²) >= 11 is 0. The second-order valence-electron chi connectivity index (χ2n) is 7.24. The number of hydrogen-bond acceptors (Lipinski definition) is 4. The molecule has 2 atom stereocenters. The van der Waals surface area contributed by atoms with Crippen molar-refractivity contribution in [3.63, 3.8) is 0 Å². The Morgan fingerprint density at radius 1 is 1.27 bits per heavy atom. The molecule has 0 spiro atoms.